The molecule has 0 spiro atoms. The lowest BCUT2D eigenvalue weighted by molar-refractivity contribution is -0.118. The van der Waals surface area contributed by atoms with E-state index in [0.717, 1.165) is 12.8 Å². The molecule has 0 saturated heterocycles. The second-order valence-electron chi connectivity index (χ2n) is 4.22. The van der Waals surface area contributed by atoms with Crippen LogP contribution in [0.2, 0.25) is 0 Å². The van der Waals surface area contributed by atoms with Crippen molar-refractivity contribution in [1.29, 1.82) is 0 Å². The van der Waals surface area contributed by atoms with Crippen LogP contribution in [-0.2, 0) is 4.79 Å². The molecule has 2 atom stereocenters. The summed E-state index contributed by atoms with van der Waals surface area (Å²) in [4.78, 5) is 14.0. The van der Waals surface area contributed by atoms with E-state index >= 15 is 0 Å². The predicted octanol–water partition coefficient (Wildman–Crippen LogP) is 1.95. The zero-order valence-electron chi connectivity index (χ0n) is 8.23. The monoisotopic (exact) mass is 187 g/mol. The van der Waals surface area contributed by atoms with Gasteiger partial charge in [-0.1, -0.05) is 18.2 Å². The summed E-state index contributed by atoms with van der Waals surface area (Å²) in [6, 6.07) is 8.71. The summed E-state index contributed by atoms with van der Waals surface area (Å²) in [7, 11) is 2.10. The van der Waals surface area contributed by atoms with Gasteiger partial charge in [-0.15, -0.1) is 0 Å². The molecule has 2 aliphatic rings. The zero-order valence-corrected chi connectivity index (χ0v) is 8.23. The number of hydrogen-bond acceptors (Lipinski definition) is 2. The van der Waals surface area contributed by atoms with Crippen LogP contribution in [0.4, 0.5) is 5.69 Å². The van der Waals surface area contributed by atoms with Gasteiger partial charge in [0, 0.05) is 25.2 Å². The summed E-state index contributed by atoms with van der Waals surface area (Å²) in [5.41, 5.74) is 2.48. The van der Waals surface area contributed by atoms with Crippen LogP contribution in [0.25, 0.3) is 0 Å². The van der Waals surface area contributed by atoms with Crippen LogP contribution in [0.5, 0.6) is 0 Å². The highest BCUT2D eigenvalue weighted by Crippen LogP contribution is 2.46. The number of carbonyl (C=O) groups excluding carboxylic acids is 1. The first-order chi connectivity index (χ1) is 6.79. The molecule has 14 heavy (non-hydrogen) atoms. The normalized spacial score (nSPS) is 29.2. The Kier molecular flexibility index (Phi) is 1.49. The topological polar surface area (TPSA) is 20.3 Å². The van der Waals surface area contributed by atoms with Crippen molar-refractivity contribution in [3.05, 3.63) is 29.8 Å². The minimum Gasteiger partial charge on any atom is -0.370 e. The Morgan fingerprint density at radius 2 is 2.14 bits per heavy atom. The first-order valence-electron chi connectivity index (χ1n) is 5.13. The van der Waals surface area contributed by atoms with Crippen molar-refractivity contribution in [2.75, 3.05) is 11.9 Å². The SMILES string of the molecule is CN1c2ccccc2[C@@H]2C(=O)CC[C@@H]21. The summed E-state index contributed by atoms with van der Waals surface area (Å²) < 4.78 is 0. The molecule has 0 aromatic heterocycles. The van der Waals surface area contributed by atoms with Crippen molar-refractivity contribution in [3.8, 4) is 0 Å². The number of nitrogens with zero attached hydrogens (tertiary/aromatic N) is 1. The van der Waals surface area contributed by atoms with E-state index in [1.165, 1.54) is 11.3 Å². The number of carbonyl (C=O) groups is 1. The van der Waals surface area contributed by atoms with E-state index in [4.69, 9.17) is 0 Å². The number of likely N-dealkylation sites (N-methyl/N-ethyl adjacent to an activating group) is 1. The molecule has 1 aromatic rings. The van der Waals surface area contributed by atoms with Gasteiger partial charge in [0.1, 0.15) is 5.78 Å². The van der Waals surface area contributed by atoms with Crippen LogP contribution in [0.15, 0.2) is 24.3 Å². The molecule has 0 unspecified atom stereocenters. The molecule has 1 saturated carbocycles. The van der Waals surface area contributed by atoms with Gasteiger partial charge in [-0.3, -0.25) is 4.79 Å². The van der Waals surface area contributed by atoms with Crippen LogP contribution in [0.1, 0.15) is 24.3 Å². The van der Waals surface area contributed by atoms with Gasteiger partial charge in [0.15, 0.2) is 0 Å². The van der Waals surface area contributed by atoms with Crippen LogP contribution >= 0.6 is 0 Å². The number of anilines is 1. The van der Waals surface area contributed by atoms with E-state index in [1.54, 1.807) is 0 Å². The van der Waals surface area contributed by atoms with E-state index in [0.29, 0.717) is 11.8 Å². The minimum absolute atomic E-state index is 0.163. The summed E-state index contributed by atoms with van der Waals surface area (Å²) >= 11 is 0. The van der Waals surface area contributed by atoms with Crippen molar-refractivity contribution in [2.45, 2.75) is 24.8 Å². The molecule has 0 N–H and O–H groups in total. The smallest absolute Gasteiger partial charge is 0.142 e. The second-order valence-corrected chi connectivity index (χ2v) is 4.22. The lowest BCUT2D eigenvalue weighted by atomic mass is 9.97. The fourth-order valence-electron chi connectivity index (χ4n) is 2.88. The summed E-state index contributed by atoms with van der Waals surface area (Å²) in [6.07, 6.45) is 1.78. The molecule has 1 aromatic carbocycles. The third-order valence-corrected chi connectivity index (χ3v) is 3.57. The molecule has 1 aliphatic heterocycles. The highest BCUT2D eigenvalue weighted by Gasteiger charge is 2.44. The molecule has 2 nitrogen and oxygen atoms in total. The number of rotatable bonds is 0. The van der Waals surface area contributed by atoms with Crippen molar-refractivity contribution in [1.82, 2.24) is 0 Å². The molecular formula is C12H13NO. The number of ketones is 1. The molecular weight excluding hydrogens is 174 g/mol. The molecule has 1 fully saturated rings. The highest BCUT2D eigenvalue weighted by molar-refractivity contribution is 5.93. The maximum absolute atomic E-state index is 11.7. The quantitative estimate of drug-likeness (QED) is 0.618. The van der Waals surface area contributed by atoms with Crippen LogP contribution in [-0.4, -0.2) is 18.9 Å². The largest absolute Gasteiger partial charge is 0.370 e. The predicted molar refractivity (Wildman–Crippen MR) is 55.6 cm³/mol. The fraction of sp³-hybridized carbons (Fsp3) is 0.417. The Balaban J connectivity index is 2.17. The molecule has 1 heterocycles. The Bertz CT molecular complexity index is 399. The maximum Gasteiger partial charge on any atom is 0.142 e. The molecule has 1 aliphatic carbocycles. The molecule has 0 radical (unpaired) electrons. The van der Waals surface area contributed by atoms with E-state index < -0.39 is 0 Å². The average molecular weight is 187 g/mol. The van der Waals surface area contributed by atoms with Crippen molar-refractivity contribution < 1.29 is 4.79 Å². The summed E-state index contributed by atoms with van der Waals surface area (Å²) in [5, 5.41) is 0. The average Bonchev–Trinajstić information content (AvgIpc) is 2.70. The van der Waals surface area contributed by atoms with Gasteiger partial charge in [0.2, 0.25) is 0 Å². The number of para-hydroxylation sites is 1. The van der Waals surface area contributed by atoms with E-state index in [1.807, 2.05) is 12.1 Å². The number of benzene rings is 1. The Hall–Kier alpha value is -1.31. The summed E-state index contributed by atoms with van der Waals surface area (Å²) in [6.45, 7) is 0. The highest BCUT2D eigenvalue weighted by atomic mass is 16.1. The standard InChI is InChI=1S/C12H13NO/c1-13-9-5-3-2-4-8(9)12-10(13)6-7-11(12)14/h2-5,10,12H,6-7H2,1H3/t10-,12-/m0/s1. The van der Waals surface area contributed by atoms with Crippen LogP contribution in [0.3, 0.4) is 0 Å². The van der Waals surface area contributed by atoms with Crippen molar-refractivity contribution in [2.24, 2.45) is 0 Å². The van der Waals surface area contributed by atoms with Crippen molar-refractivity contribution >= 4 is 11.5 Å². The Labute approximate surface area is 83.5 Å². The van der Waals surface area contributed by atoms with E-state index in [9.17, 15) is 4.79 Å². The van der Waals surface area contributed by atoms with Gasteiger partial charge in [0.25, 0.3) is 0 Å². The van der Waals surface area contributed by atoms with Gasteiger partial charge >= 0.3 is 0 Å². The maximum atomic E-state index is 11.7. The molecule has 0 amide bonds. The first-order valence-corrected chi connectivity index (χ1v) is 5.13. The molecule has 72 valence electrons. The van der Waals surface area contributed by atoms with E-state index in [-0.39, 0.29) is 5.92 Å². The Morgan fingerprint density at radius 1 is 1.36 bits per heavy atom. The zero-order chi connectivity index (χ0) is 9.71. The fourth-order valence-corrected chi connectivity index (χ4v) is 2.88. The third kappa shape index (κ3) is 0.834. The third-order valence-electron chi connectivity index (χ3n) is 3.57. The van der Waals surface area contributed by atoms with Gasteiger partial charge in [-0.2, -0.15) is 0 Å². The van der Waals surface area contributed by atoms with Gasteiger partial charge in [-0.05, 0) is 18.1 Å². The summed E-state index contributed by atoms with van der Waals surface area (Å²) in [5.74, 6) is 0.586. The van der Waals surface area contributed by atoms with Crippen LogP contribution in [0, 0.1) is 0 Å². The molecule has 2 heteroatoms. The molecule has 3 rings (SSSR count). The van der Waals surface area contributed by atoms with Crippen LogP contribution < -0.4 is 4.90 Å². The number of fused-ring (bicyclic) bond motifs is 3. The van der Waals surface area contributed by atoms with E-state index in [2.05, 4.69) is 24.1 Å². The Morgan fingerprint density at radius 3 is 3.00 bits per heavy atom. The minimum atomic E-state index is 0.163. The second kappa shape index (κ2) is 2.59. The lowest BCUT2D eigenvalue weighted by Gasteiger charge is -2.20. The lowest BCUT2D eigenvalue weighted by Crippen LogP contribution is -2.27. The van der Waals surface area contributed by atoms with Gasteiger partial charge < -0.3 is 4.90 Å². The van der Waals surface area contributed by atoms with Gasteiger partial charge in [0.05, 0.1) is 5.92 Å². The first kappa shape index (κ1) is 8.04. The number of Topliss-reactive ketones (excluding diaryl/α,β-unsaturated/α-hetero) is 1. The van der Waals surface area contributed by atoms with Crippen molar-refractivity contribution in [3.63, 3.8) is 0 Å². The van der Waals surface area contributed by atoms with Gasteiger partial charge in [-0.25, -0.2) is 0 Å². The number of hydrogen-bond donors (Lipinski definition) is 0. The molecule has 0 bridgehead atoms.